The molecule has 2 aliphatic rings. The summed E-state index contributed by atoms with van der Waals surface area (Å²) in [5.41, 5.74) is 1.19. The molecule has 4 heteroatoms. The number of hydrogen-bond acceptors (Lipinski definition) is 4. The lowest BCUT2D eigenvalue weighted by Crippen LogP contribution is -2.29. The van der Waals surface area contributed by atoms with Gasteiger partial charge in [-0.3, -0.25) is 0 Å². The minimum atomic E-state index is 0.332. The number of hydrogen-bond donors (Lipinski definition) is 1. The quantitative estimate of drug-likeness (QED) is 0.777. The summed E-state index contributed by atoms with van der Waals surface area (Å²) in [6.45, 7) is 3.36. The molecule has 1 fully saturated rings. The molecular weight excluding hydrogens is 254 g/mol. The lowest BCUT2D eigenvalue weighted by molar-refractivity contribution is 0.122. The van der Waals surface area contributed by atoms with Crippen LogP contribution in [0.15, 0.2) is 18.2 Å². The third-order valence-electron chi connectivity index (χ3n) is 3.94. The van der Waals surface area contributed by atoms with E-state index in [0.29, 0.717) is 6.04 Å². The zero-order valence-electron chi connectivity index (χ0n) is 12.1. The van der Waals surface area contributed by atoms with Gasteiger partial charge in [0.25, 0.3) is 0 Å². The molecule has 1 aromatic rings. The van der Waals surface area contributed by atoms with Crippen molar-refractivity contribution in [1.82, 2.24) is 5.32 Å². The fourth-order valence-corrected chi connectivity index (χ4v) is 2.55. The molecule has 0 aromatic heterocycles. The van der Waals surface area contributed by atoms with Crippen LogP contribution < -0.4 is 14.8 Å². The molecular formula is C16H23NO3. The summed E-state index contributed by atoms with van der Waals surface area (Å²) in [6.07, 6.45) is 3.68. The van der Waals surface area contributed by atoms with Gasteiger partial charge in [0.2, 0.25) is 0 Å². The topological polar surface area (TPSA) is 39.7 Å². The molecule has 0 spiro atoms. The van der Waals surface area contributed by atoms with E-state index in [-0.39, 0.29) is 0 Å². The Bertz CT molecular complexity index is 445. The number of ether oxygens (including phenoxy) is 3. The molecule has 110 valence electrons. The monoisotopic (exact) mass is 277 g/mol. The molecule has 1 saturated carbocycles. The maximum atomic E-state index is 5.69. The highest BCUT2D eigenvalue weighted by atomic mass is 16.5. The van der Waals surface area contributed by atoms with E-state index in [4.69, 9.17) is 14.2 Å². The van der Waals surface area contributed by atoms with Crippen LogP contribution in [-0.2, 0) is 4.74 Å². The summed E-state index contributed by atoms with van der Waals surface area (Å²) in [7, 11) is 1.69. The second kappa shape index (κ2) is 6.46. The van der Waals surface area contributed by atoms with Crippen LogP contribution in [0.1, 0.15) is 30.9 Å². The Kier molecular flexibility index (Phi) is 4.43. The number of rotatable bonds is 7. The van der Waals surface area contributed by atoms with Crippen LogP contribution in [0.3, 0.4) is 0 Å². The van der Waals surface area contributed by atoms with Gasteiger partial charge >= 0.3 is 0 Å². The minimum absolute atomic E-state index is 0.332. The number of nitrogens with one attached hydrogen (secondary N) is 1. The Morgan fingerprint density at radius 2 is 2.20 bits per heavy atom. The molecule has 1 aliphatic carbocycles. The van der Waals surface area contributed by atoms with Gasteiger partial charge < -0.3 is 19.5 Å². The Hall–Kier alpha value is -1.26. The summed E-state index contributed by atoms with van der Waals surface area (Å²) < 4.78 is 16.7. The van der Waals surface area contributed by atoms with Crippen molar-refractivity contribution >= 4 is 0 Å². The first-order chi connectivity index (χ1) is 9.86. The predicted molar refractivity (Wildman–Crippen MR) is 77.4 cm³/mol. The van der Waals surface area contributed by atoms with Crippen molar-refractivity contribution in [2.45, 2.75) is 25.3 Å². The van der Waals surface area contributed by atoms with Gasteiger partial charge in [-0.2, -0.15) is 0 Å². The first-order valence-electron chi connectivity index (χ1n) is 7.48. The Morgan fingerprint density at radius 1 is 1.30 bits per heavy atom. The molecule has 1 aliphatic heterocycles. The molecule has 1 atom stereocenters. The number of methoxy groups -OCH3 is 1. The lowest BCUT2D eigenvalue weighted by atomic mass is 10.0. The summed E-state index contributed by atoms with van der Waals surface area (Å²) in [5.74, 6) is 2.68. The lowest BCUT2D eigenvalue weighted by Gasteiger charge is -2.27. The van der Waals surface area contributed by atoms with E-state index in [1.165, 1.54) is 18.4 Å². The van der Waals surface area contributed by atoms with Crippen molar-refractivity contribution in [3.05, 3.63) is 23.8 Å². The molecule has 0 amide bonds. The molecule has 1 aromatic carbocycles. The van der Waals surface area contributed by atoms with E-state index in [9.17, 15) is 0 Å². The zero-order valence-corrected chi connectivity index (χ0v) is 12.1. The third-order valence-corrected chi connectivity index (χ3v) is 3.94. The van der Waals surface area contributed by atoms with Crippen LogP contribution in [0.25, 0.3) is 0 Å². The fraction of sp³-hybridized carbons (Fsp3) is 0.625. The largest absolute Gasteiger partial charge is 0.497 e. The SMILES string of the molecule is COc1ccc2c(c1)C(NCCOCC1CC1)CCO2. The van der Waals surface area contributed by atoms with Crippen molar-refractivity contribution < 1.29 is 14.2 Å². The second-order valence-electron chi connectivity index (χ2n) is 5.57. The summed E-state index contributed by atoms with van der Waals surface area (Å²) in [5, 5.41) is 3.56. The maximum absolute atomic E-state index is 5.69. The summed E-state index contributed by atoms with van der Waals surface area (Å²) in [4.78, 5) is 0. The maximum Gasteiger partial charge on any atom is 0.124 e. The molecule has 0 radical (unpaired) electrons. The first kappa shape index (κ1) is 13.7. The van der Waals surface area contributed by atoms with Gasteiger partial charge in [-0.1, -0.05) is 0 Å². The van der Waals surface area contributed by atoms with E-state index in [1.54, 1.807) is 7.11 Å². The molecule has 0 saturated heterocycles. The minimum Gasteiger partial charge on any atom is -0.497 e. The van der Waals surface area contributed by atoms with Crippen molar-refractivity contribution in [3.8, 4) is 11.5 Å². The molecule has 20 heavy (non-hydrogen) atoms. The van der Waals surface area contributed by atoms with E-state index in [2.05, 4.69) is 11.4 Å². The van der Waals surface area contributed by atoms with Crippen molar-refractivity contribution in [1.29, 1.82) is 0 Å². The average Bonchev–Trinajstić information content (AvgIpc) is 3.31. The molecule has 1 unspecified atom stereocenters. The highest BCUT2D eigenvalue weighted by Crippen LogP contribution is 2.34. The van der Waals surface area contributed by atoms with E-state index >= 15 is 0 Å². The second-order valence-corrected chi connectivity index (χ2v) is 5.57. The van der Waals surface area contributed by atoms with Gasteiger partial charge in [0.05, 0.1) is 20.3 Å². The third kappa shape index (κ3) is 3.44. The average molecular weight is 277 g/mol. The molecule has 1 N–H and O–H groups in total. The Balaban J connectivity index is 1.51. The van der Waals surface area contributed by atoms with Crippen LogP contribution in [0.2, 0.25) is 0 Å². The van der Waals surface area contributed by atoms with Crippen LogP contribution in [-0.4, -0.2) is 33.5 Å². The van der Waals surface area contributed by atoms with Crippen LogP contribution >= 0.6 is 0 Å². The zero-order chi connectivity index (χ0) is 13.8. The molecule has 3 rings (SSSR count). The number of fused-ring (bicyclic) bond motifs is 1. The summed E-state index contributed by atoms with van der Waals surface area (Å²) >= 11 is 0. The van der Waals surface area contributed by atoms with Gasteiger partial charge in [-0.25, -0.2) is 0 Å². The van der Waals surface area contributed by atoms with Crippen molar-refractivity contribution in [3.63, 3.8) is 0 Å². The number of benzene rings is 1. The van der Waals surface area contributed by atoms with Crippen molar-refractivity contribution in [2.24, 2.45) is 5.92 Å². The van der Waals surface area contributed by atoms with E-state index in [0.717, 1.165) is 50.2 Å². The van der Waals surface area contributed by atoms with E-state index < -0.39 is 0 Å². The first-order valence-corrected chi connectivity index (χ1v) is 7.48. The fourth-order valence-electron chi connectivity index (χ4n) is 2.55. The highest BCUT2D eigenvalue weighted by Gasteiger charge is 2.22. The smallest absolute Gasteiger partial charge is 0.124 e. The molecule has 1 heterocycles. The standard InChI is InChI=1S/C16H23NO3/c1-18-13-4-5-16-14(10-13)15(6-8-20-16)17-7-9-19-11-12-2-3-12/h4-5,10,12,15,17H,2-3,6-9,11H2,1H3. The van der Waals surface area contributed by atoms with E-state index in [1.807, 2.05) is 12.1 Å². The van der Waals surface area contributed by atoms with Crippen LogP contribution in [0.5, 0.6) is 11.5 Å². The van der Waals surface area contributed by atoms with Crippen molar-refractivity contribution in [2.75, 3.05) is 33.5 Å². The Morgan fingerprint density at radius 3 is 3.00 bits per heavy atom. The molecule has 4 nitrogen and oxygen atoms in total. The van der Waals surface area contributed by atoms with Crippen LogP contribution in [0, 0.1) is 5.92 Å². The molecule has 0 bridgehead atoms. The van der Waals surface area contributed by atoms with Gasteiger partial charge in [0.1, 0.15) is 11.5 Å². The van der Waals surface area contributed by atoms with Gasteiger partial charge in [0.15, 0.2) is 0 Å². The Labute approximate surface area is 120 Å². The predicted octanol–water partition coefficient (Wildman–Crippen LogP) is 2.54. The van der Waals surface area contributed by atoms with Gasteiger partial charge in [0, 0.05) is 31.2 Å². The normalized spacial score (nSPS) is 21.1. The van der Waals surface area contributed by atoms with Crippen LogP contribution in [0.4, 0.5) is 0 Å². The van der Waals surface area contributed by atoms with Gasteiger partial charge in [-0.15, -0.1) is 0 Å². The van der Waals surface area contributed by atoms with Gasteiger partial charge in [-0.05, 0) is 37.0 Å². The summed E-state index contributed by atoms with van der Waals surface area (Å²) in [6, 6.07) is 6.33. The highest BCUT2D eigenvalue weighted by molar-refractivity contribution is 5.43.